The Labute approximate surface area is 96.4 Å². The van der Waals surface area contributed by atoms with Crippen molar-refractivity contribution in [2.24, 2.45) is 11.8 Å². The molecule has 5 atom stereocenters. The van der Waals surface area contributed by atoms with Gasteiger partial charge in [-0.25, -0.2) is 0 Å². The fraction of sp³-hybridized carbons (Fsp3) is 0.909. The van der Waals surface area contributed by atoms with Crippen molar-refractivity contribution in [1.29, 1.82) is 0 Å². The van der Waals surface area contributed by atoms with Gasteiger partial charge in [0.1, 0.15) is 6.10 Å². The first kappa shape index (κ1) is 11.9. The lowest BCUT2D eigenvalue weighted by atomic mass is 9.79. The van der Waals surface area contributed by atoms with Crippen LogP contribution in [0.4, 0.5) is 0 Å². The van der Waals surface area contributed by atoms with Gasteiger partial charge >= 0.3 is 5.97 Å². The second kappa shape index (κ2) is 4.76. The van der Waals surface area contributed by atoms with Gasteiger partial charge in [0.05, 0.1) is 20.4 Å². The summed E-state index contributed by atoms with van der Waals surface area (Å²) in [6.45, 7) is -0.0354. The maximum Gasteiger partial charge on any atom is 0.306 e. The molecule has 1 unspecified atom stereocenters. The molecule has 0 aromatic carbocycles. The summed E-state index contributed by atoms with van der Waals surface area (Å²) in [6, 6.07) is 0. The second-order valence-corrected chi connectivity index (χ2v) is 4.88. The van der Waals surface area contributed by atoms with Gasteiger partial charge in [-0.3, -0.25) is 4.79 Å². The Kier molecular flexibility index (Phi) is 3.55. The molecule has 16 heavy (non-hydrogen) atoms. The van der Waals surface area contributed by atoms with Gasteiger partial charge in [-0.15, -0.1) is 0 Å². The molecule has 88 valence electrons. The van der Waals surface area contributed by atoms with Crippen LogP contribution in [0.2, 0.25) is 5.82 Å². The molecule has 0 bridgehead atoms. The van der Waals surface area contributed by atoms with E-state index in [9.17, 15) is 9.90 Å². The average molecular weight is 224 g/mol. The molecular formula is C11H17BO4. The van der Waals surface area contributed by atoms with Crippen LogP contribution in [0.25, 0.3) is 0 Å². The van der Waals surface area contributed by atoms with Crippen molar-refractivity contribution >= 4 is 13.8 Å². The zero-order chi connectivity index (χ0) is 11.7. The first-order valence-corrected chi connectivity index (χ1v) is 5.85. The topological polar surface area (TPSA) is 66.8 Å². The molecule has 0 spiro atoms. The molecular weight excluding hydrogens is 207 g/mol. The van der Waals surface area contributed by atoms with Crippen LogP contribution in [0.3, 0.4) is 0 Å². The fourth-order valence-electron chi connectivity index (χ4n) is 2.88. The summed E-state index contributed by atoms with van der Waals surface area (Å²) in [5, 5.41) is 18.7. The Balaban J connectivity index is 1.90. The van der Waals surface area contributed by atoms with Crippen molar-refractivity contribution in [2.45, 2.75) is 43.7 Å². The Bertz CT molecular complexity index is 271. The standard InChI is InChI=1S/C11H17BO4/c12-6(5-13)1-2-7-8-3-11(15)16-10(8)4-9(7)14/h6-10,13-14H,1-5H2/t6?,7-,8-,9-,10+/m1/s1. The van der Waals surface area contributed by atoms with E-state index in [0.29, 0.717) is 19.3 Å². The smallest absolute Gasteiger partial charge is 0.306 e. The Morgan fingerprint density at radius 2 is 2.31 bits per heavy atom. The van der Waals surface area contributed by atoms with Gasteiger partial charge in [0.15, 0.2) is 0 Å². The molecule has 0 amide bonds. The Hall–Kier alpha value is -0.545. The van der Waals surface area contributed by atoms with E-state index >= 15 is 0 Å². The minimum atomic E-state index is -0.394. The Morgan fingerprint density at radius 3 is 3.00 bits per heavy atom. The summed E-state index contributed by atoms with van der Waals surface area (Å²) < 4.78 is 5.14. The molecule has 2 N–H and O–H groups in total. The highest BCUT2D eigenvalue weighted by Gasteiger charge is 2.49. The van der Waals surface area contributed by atoms with Crippen molar-refractivity contribution in [2.75, 3.05) is 6.61 Å². The maximum absolute atomic E-state index is 11.1. The van der Waals surface area contributed by atoms with Gasteiger partial charge in [-0.1, -0.05) is 12.2 Å². The summed E-state index contributed by atoms with van der Waals surface area (Å²) in [4.78, 5) is 11.1. The van der Waals surface area contributed by atoms with Crippen LogP contribution < -0.4 is 0 Å². The molecule has 0 aromatic rings. The molecule has 1 aliphatic heterocycles. The minimum Gasteiger partial charge on any atom is -0.462 e. The third kappa shape index (κ3) is 2.25. The number of ether oxygens (including phenoxy) is 1. The fourth-order valence-corrected chi connectivity index (χ4v) is 2.88. The molecule has 5 heteroatoms. The second-order valence-electron chi connectivity index (χ2n) is 4.88. The highest BCUT2D eigenvalue weighted by molar-refractivity contribution is 6.11. The van der Waals surface area contributed by atoms with E-state index in [1.807, 2.05) is 0 Å². The lowest BCUT2D eigenvalue weighted by molar-refractivity contribution is -0.141. The van der Waals surface area contributed by atoms with Gasteiger partial charge in [0.2, 0.25) is 0 Å². The summed E-state index contributed by atoms with van der Waals surface area (Å²) in [5.41, 5.74) is 0. The zero-order valence-corrected chi connectivity index (χ0v) is 9.21. The van der Waals surface area contributed by atoms with E-state index in [1.165, 1.54) is 0 Å². The lowest BCUT2D eigenvalue weighted by Crippen LogP contribution is -2.20. The van der Waals surface area contributed by atoms with Crippen molar-refractivity contribution in [3.8, 4) is 0 Å². The van der Waals surface area contributed by atoms with Crippen LogP contribution in [0, 0.1) is 11.8 Å². The number of esters is 1. The van der Waals surface area contributed by atoms with Crippen molar-refractivity contribution < 1.29 is 19.7 Å². The number of aliphatic hydroxyl groups excluding tert-OH is 2. The molecule has 1 heterocycles. The largest absolute Gasteiger partial charge is 0.462 e. The summed E-state index contributed by atoms with van der Waals surface area (Å²) in [7, 11) is 5.63. The van der Waals surface area contributed by atoms with E-state index in [1.54, 1.807) is 0 Å². The van der Waals surface area contributed by atoms with Crippen LogP contribution in [0.1, 0.15) is 25.7 Å². The number of rotatable bonds is 4. The van der Waals surface area contributed by atoms with Gasteiger partial charge < -0.3 is 14.9 Å². The van der Waals surface area contributed by atoms with E-state index in [-0.39, 0.29) is 36.3 Å². The van der Waals surface area contributed by atoms with E-state index < -0.39 is 6.10 Å². The minimum absolute atomic E-state index is 0.0354. The summed E-state index contributed by atoms with van der Waals surface area (Å²) >= 11 is 0. The molecule has 0 aromatic heterocycles. The SMILES string of the molecule is [B]C(CO)CC[C@@H]1[C@H]2CC(=O)O[C@H]2C[C@H]1O. The van der Waals surface area contributed by atoms with Crippen LogP contribution in [-0.2, 0) is 9.53 Å². The molecule has 2 rings (SSSR count). The predicted octanol–water partition coefficient (Wildman–Crippen LogP) is 0.0284. The third-order valence-corrected chi connectivity index (χ3v) is 3.79. The van der Waals surface area contributed by atoms with E-state index in [4.69, 9.17) is 17.7 Å². The van der Waals surface area contributed by atoms with Crippen LogP contribution >= 0.6 is 0 Å². The number of hydrogen-bond donors (Lipinski definition) is 2. The van der Waals surface area contributed by atoms with Crippen molar-refractivity contribution in [1.82, 2.24) is 0 Å². The van der Waals surface area contributed by atoms with Gasteiger partial charge in [0, 0.05) is 18.9 Å². The van der Waals surface area contributed by atoms with Crippen molar-refractivity contribution in [3.63, 3.8) is 0 Å². The van der Waals surface area contributed by atoms with Crippen LogP contribution in [0.15, 0.2) is 0 Å². The summed E-state index contributed by atoms with van der Waals surface area (Å²) in [5.74, 6) is -0.148. The van der Waals surface area contributed by atoms with Gasteiger partial charge in [-0.05, 0) is 12.3 Å². The monoisotopic (exact) mass is 224 g/mol. The molecule has 2 aliphatic rings. The predicted molar refractivity (Wildman–Crippen MR) is 57.9 cm³/mol. The van der Waals surface area contributed by atoms with Gasteiger partial charge in [0.25, 0.3) is 0 Å². The van der Waals surface area contributed by atoms with Crippen molar-refractivity contribution in [3.05, 3.63) is 0 Å². The summed E-state index contributed by atoms with van der Waals surface area (Å²) in [6.07, 6.45) is 1.90. The quantitative estimate of drug-likeness (QED) is 0.522. The number of aliphatic hydroxyl groups is 2. The molecule has 1 aliphatic carbocycles. The number of fused-ring (bicyclic) bond motifs is 1. The number of carbonyl (C=O) groups is 1. The normalized spacial score (nSPS) is 39.5. The first-order chi connectivity index (χ1) is 7.61. The molecule has 1 saturated carbocycles. The molecule has 1 saturated heterocycles. The zero-order valence-electron chi connectivity index (χ0n) is 9.21. The molecule has 2 radical (unpaired) electrons. The molecule has 4 nitrogen and oxygen atoms in total. The molecule has 2 fully saturated rings. The van der Waals surface area contributed by atoms with Gasteiger partial charge in [-0.2, -0.15) is 0 Å². The van der Waals surface area contributed by atoms with E-state index in [0.717, 1.165) is 6.42 Å². The van der Waals surface area contributed by atoms with E-state index in [2.05, 4.69) is 0 Å². The Morgan fingerprint density at radius 1 is 1.56 bits per heavy atom. The highest BCUT2D eigenvalue weighted by Crippen LogP contribution is 2.43. The third-order valence-electron chi connectivity index (χ3n) is 3.79. The lowest BCUT2D eigenvalue weighted by Gasteiger charge is -2.20. The highest BCUT2D eigenvalue weighted by atomic mass is 16.6. The first-order valence-electron chi connectivity index (χ1n) is 5.85. The van der Waals surface area contributed by atoms with Crippen LogP contribution in [-0.4, -0.2) is 42.8 Å². The average Bonchev–Trinajstić information content (AvgIpc) is 2.71. The number of hydrogen-bond acceptors (Lipinski definition) is 4. The maximum atomic E-state index is 11.1. The van der Waals surface area contributed by atoms with Crippen LogP contribution in [0.5, 0.6) is 0 Å². The number of carbonyl (C=O) groups excluding carboxylic acids is 1.